The summed E-state index contributed by atoms with van der Waals surface area (Å²) in [4.78, 5) is 10.8. The van der Waals surface area contributed by atoms with E-state index in [0.29, 0.717) is 11.1 Å². The van der Waals surface area contributed by atoms with Gasteiger partial charge in [-0.05, 0) is 29.2 Å². The van der Waals surface area contributed by atoms with E-state index < -0.39 is 4.92 Å². The Morgan fingerprint density at radius 1 is 1.19 bits per heavy atom. The van der Waals surface area contributed by atoms with Crippen molar-refractivity contribution in [1.82, 2.24) is 0 Å². The lowest BCUT2D eigenvalue weighted by molar-refractivity contribution is -0.385. The zero-order chi connectivity index (χ0) is 15.4. The summed E-state index contributed by atoms with van der Waals surface area (Å²) in [6, 6.07) is 12.6. The summed E-state index contributed by atoms with van der Waals surface area (Å²) in [6.07, 6.45) is 0. The number of para-hydroxylation sites is 1. The Hall–Kier alpha value is -1.88. The molecule has 0 atom stereocenters. The van der Waals surface area contributed by atoms with Gasteiger partial charge in [0.15, 0.2) is 0 Å². The van der Waals surface area contributed by atoms with Crippen LogP contribution in [0.2, 0.25) is 0 Å². The van der Waals surface area contributed by atoms with Crippen molar-refractivity contribution in [3.63, 3.8) is 0 Å². The summed E-state index contributed by atoms with van der Waals surface area (Å²) in [7, 11) is 0. The molecule has 4 nitrogen and oxygen atoms in total. The molecule has 5 heteroatoms. The van der Waals surface area contributed by atoms with Gasteiger partial charge >= 0.3 is 5.69 Å². The van der Waals surface area contributed by atoms with E-state index in [1.807, 2.05) is 30.3 Å². The Labute approximate surface area is 132 Å². The van der Waals surface area contributed by atoms with Crippen LogP contribution in [0.3, 0.4) is 0 Å². The first-order valence-electron chi connectivity index (χ1n) is 6.63. The van der Waals surface area contributed by atoms with Crippen molar-refractivity contribution in [2.75, 3.05) is 0 Å². The van der Waals surface area contributed by atoms with E-state index >= 15 is 0 Å². The quantitative estimate of drug-likeness (QED) is 0.412. The highest BCUT2D eigenvalue weighted by Gasteiger charge is 2.18. The minimum atomic E-state index is -0.417. The van der Waals surface area contributed by atoms with Crippen molar-refractivity contribution in [3.8, 4) is 11.5 Å². The van der Waals surface area contributed by atoms with Crippen molar-refractivity contribution in [3.05, 3.63) is 63.7 Å². The fourth-order valence-corrected chi connectivity index (χ4v) is 2.39. The van der Waals surface area contributed by atoms with Gasteiger partial charge in [-0.1, -0.05) is 54.0 Å². The molecule has 0 radical (unpaired) electrons. The zero-order valence-electron chi connectivity index (χ0n) is 11.9. The fourth-order valence-electron chi connectivity index (χ4n) is 2.04. The number of hydrogen-bond donors (Lipinski definition) is 0. The second kappa shape index (κ2) is 6.72. The minimum absolute atomic E-state index is 0.0227. The molecule has 0 unspecified atom stereocenters. The first kappa shape index (κ1) is 15.5. The average molecular weight is 350 g/mol. The van der Waals surface area contributed by atoms with E-state index in [9.17, 15) is 10.1 Å². The number of alkyl halides is 1. The number of ether oxygens (including phenoxy) is 1. The van der Waals surface area contributed by atoms with Gasteiger partial charge in [0.05, 0.1) is 4.92 Å². The summed E-state index contributed by atoms with van der Waals surface area (Å²) >= 11 is 3.30. The molecule has 110 valence electrons. The standard InChI is InChI=1S/C16H16BrNO3/c1-11(2)13-5-3-4-6-15(13)21-16-8-7-12(10-17)9-14(16)18(19)20/h3-9,11H,10H2,1-2H3. The maximum absolute atomic E-state index is 11.2. The number of nitro groups is 1. The molecule has 0 aromatic heterocycles. The van der Waals surface area contributed by atoms with Crippen LogP contribution in [-0.2, 0) is 5.33 Å². The summed E-state index contributed by atoms with van der Waals surface area (Å²) < 4.78 is 5.81. The molecule has 0 N–H and O–H groups in total. The van der Waals surface area contributed by atoms with Crippen molar-refractivity contribution < 1.29 is 9.66 Å². The van der Waals surface area contributed by atoms with Crippen LogP contribution >= 0.6 is 15.9 Å². The van der Waals surface area contributed by atoms with Crippen LogP contribution in [0.5, 0.6) is 11.5 Å². The molecule has 0 bridgehead atoms. The van der Waals surface area contributed by atoms with Gasteiger partial charge in [-0.15, -0.1) is 0 Å². The zero-order valence-corrected chi connectivity index (χ0v) is 13.5. The number of hydrogen-bond acceptors (Lipinski definition) is 3. The third-order valence-electron chi connectivity index (χ3n) is 3.14. The van der Waals surface area contributed by atoms with Crippen LogP contribution in [0.25, 0.3) is 0 Å². The molecule has 0 aliphatic rings. The van der Waals surface area contributed by atoms with Crippen LogP contribution in [0.1, 0.15) is 30.9 Å². The largest absolute Gasteiger partial charge is 0.450 e. The number of halogens is 1. The second-order valence-electron chi connectivity index (χ2n) is 4.99. The summed E-state index contributed by atoms with van der Waals surface area (Å²) in [5.74, 6) is 1.20. The smallest absolute Gasteiger partial charge is 0.311 e. The van der Waals surface area contributed by atoms with Gasteiger partial charge in [0.2, 0.25) is 5.75 Å². The van der Waals surface area contributed by atoms with Gasteiger partial charge in [0, 0.05) is 11.4 Å². The van der Waals surface area contributed by atoms with Gasteiger partial charge in [0.1, 0.15) is 5.75 Å². The van der Waals surface area contributed by atoms with Crippen LogP contribution in [-0.4, -0.2) is 4.92 Å². The molecule has 0 saturated heterocycles. The molecular weight excluding hydrogens is 334 g/mol. The highest BCUT2D eigenvalue weighted by molar-refractivity contribution is 9.08. The lowest BCUT2D eigenvalue weighted by Crippen LogP contribution is -1.97. The first-order valence-corrected chi connectivity index (χ1v) is 7.75. The predicted molar refractivity (Wildman–Crippen MR) is 86.3 cm³/mol. The van der Waals surface area contributed by atoms with Crippen molar-refractivity contribution >= 4 is 21.6 Å². The number of nitrogens with zero attached hydrogens (tertiary/aromatic N) is 1. The second-order valence-corrected chi connectivity index (χ2v) is 5.55. The Kier molecular flexibility index (Phi) is 4.96. The Bertz CT molecular complexity index is 656. The molecule has 0 heterocycles. The molecule has 2 aromatic carbocycles. The monoisotopic (exact) mass is 349 g/mol. The van der Waals surface area contributed by atoms with E-state index in [0.717, 1.165) is 11.1 Å². The van der Waals surface area contributed by atoms with E-state index in [1.165, 1.54) is 6.07 Å². The lowest BCUT2D eigenvalue weighted by Gasteiger charge is -2.13. The number of rotatable bonds is 5. The van der Waals surface area contributed by atoms with Gasteiger partial charge in [0.25, 0.3) is 0 Å². The van der Waals surface area contributed by atoms with Crippen molar-refractivity contribution in [2.24, 2.45) is 0 Å². The molecule has 0 aliphatic carbocycles. The molecule has 0 amide bonds. The van der Waals surface area contributed by atoms with Gasteiger partial charge in [-0.2, -0.15) is 0 Å². The van der Waals surface area contributed by atoms with Crippen LogP contribution in [0, 0.1) is 10.1 Å². The number of benzene rings is 2. The van der Waals surface area contributed by atoms with Crippen molar-refractivity contribution in [1.29, 1.82) is 0 Å². The Balaban J connectivity index is 2.42. The molecule has 2 aromatic rings. The number of nitro benzene ring substituents is 1. The van der Waals surface area contributed by atoms with E-state index in [-0.39, 0.29) is 17.4 Å². The maximum Gasteiger partial charge on any atom is 0.311 e. The third-order valence-corrected chi connectivity index (χ3v) is 3.78. The predicted octanol–water partition coefficient (Wildman–Crippen LogP) is 5.41. The van der Waals surface area contributed by atoms with Crippen LogP contribution in [0.4, 0.5) is 5.69 Å². The van der Waals surface area contributed by atoms with Crippen LogP contribution in [0.15, 0.2) is 42.5 Å². The van der Waals surface area contributed by atoms with E-state index in [4.69, 9.17) is 4.74 Å². The lowest BCUT2D eigenvalue weighted by atomic mass is 10.0. The van der Waals surface area contributed by atoms with Gasteiger partial charge in [-0.3, -0.25) is 10.1 Å². The van der Waals surface area contributed by atoms with E-state index in [2.05, 4.69) is 29.8 Å². The Morgan fingerprint density at radius 3 is 2.52 bits per heavy atom. The molecule has 0 fully saturated rings. The molecule has 0 aliphatic heterocycles. The van der Waals surface area contributed by atoms with E-state index in [1.54, 1.807) is 6.07 Å². The van der Waals surface area contributed by atoms with Crippen molar-refractivity contribution in [2.45, 2.75) is 25.1 Å². The topological polar surface area (TPSA) is 52.4 Å². The Morgan fingerprint density at radius 2 is 1.90 bits per heavy atom. The van der Waals surface area contributed by atoms with Gasteiger partial charge < -0.3 is 4.74 Å². The molecule has 21 heavy (non-hydrogen) atoms. The molecule has 0 saturated carbocycles. The average Bonchev–Trinajstić information content (AvgIpc) is 2.47. The van der Waals surface area contributed by atoms with Gasteiger partial charge in [-0.25, -0.2) is 0 Å². The summed E-state index contributed by atoms with van der Waals surface area (Å²) in [6.45, 7) is 4.12. The fraction of sp³-hybridized carbons (Fsp3) is 0.250. The highest BCUT2D eigenvalue weighted by Crippen LogP contribution is 2.36. The minimum Gasteiger partial charge on any atom is -0.450 e. The highest BCUT2D eigenvalue weighted by atomic mass is 79.9. The molecule has 0 spiro atoms. The summed E-state index contributed by atoms with van der Waals surface area (Å²) in [5, 5.41) is 11.8. The van der Waals surface area contributed by atoms with Crippen LogP contribution < -0.4 is 4.74 Å². The summed E-state index contributed by atoms with van der Waals surface area (Å²) in [5.41, 5.74) is 1.84. The third kappa shape index (κ3) is 3.61. The molecule has 2 rings (SSSR count). The SMILES string of the molecule is CC(C)c1ccccc1Oc1ccc(CBr)cc1[N+](=O)[O-]. The normalized spacial score (nSPS) is 10.7. The maximum atomic E-state index is 11.2. The first-order chi connectivity index (χ1) is 10.0. The molecular formula is C16H16BrNO3.